The molecule has 2 amide bonds. The summed E-state index contributed by atoms with van der Waals surface area (Å²) in [5.74, 6) is -1.36. The van der Waals surface area contributed by atoms with Gasteiger partial charge in [0.05, 0.1) is 26.9 Å². The van der Waals surface area contributed by atoms with Gasteiger partial charge in [0.1, 0.15) is 11.3 Å². The van der Waals surface area contributed by atoms with Crippen LogP contribution in [-0.4, -0.2) is 45.7 Å². The molecule has 2 rings (SSSR count). The predicted octanol–water partition coefficient (Wildman–Crippen LogP) is 1.83. The zero-order chi connectivity index (χ0) is 19.8. The molecule has 0 heterocycles. The summed E-state index contributed by atoms with van der Waals surface area (Å²) in [5.41, 5.74) is 0.287. The first-order valence-electron chi connectivity index (χ1n) is 7.87. The van der Waals surface area contributed by atoms with Gasteiger partial charge in [0, 0.05) is 0 Å². The fraction of sp³-hybridized carbons (Fsp3) is 0.211. The molecule has 0 fully saturated rings. The standard InChI is InChI=1S/C19H19NO7/c1-24-14-9-5-4-7-12(14)18(22)20-16(21)11-27-19(23)13-8-6-10-15(25-2)17(13)26-3/h4-10H,11H2,1-3H3,(H,20,21,22). The average molecular weight is 373 g/mol. The van der Waals surface area contributed by atoms with E-state index < -0.39 is 24.4 Å². The highest BCUT2D eigenvalue weighted by atomic mass is 16.5. The Kier molecular flexibility index (Phi) is 6.76. The Morgan fingerprint density at radius 3 is 2.11 bits per heavy atom. The Balaban J connectivity index is 2.00. The quantitative estimate of drug-likeness (QED) is 0.739. The molecule has 0 aliphatic carbocycles. The predicted molar refractivity (Wildman–Crippen MR) is 95.3 cm³/mol. The third-order valence-electron chi connectivity index (χ3n) is 3.56. The van der Waals surface area contributed by atoms with Crippen molar-refractivity contribution < 1.29 is 33.3 Å². The molecule has 27 heavy (non-hydrogen) atoms. The van der Waals surface area contributed by atoms with Crippen molar-refractivity contribution in [3.05, 3.63) is 53.6 Å². The van der Waals surface area contributed by atoms with Gasteiger partial charge >= 0.3 is 5.97 Å². The Hall–Kier alpha value is -3.55. The fourth-order valence-corrected chi connectivity index (χ4v) is 2.32. The zero-order valence-corrected chi connectivity index (χ0v) is 15.1. The minimum absolute atomic E-state index is 0.0979. The van der Waals surface area contributed by atoms with Crippen molar-refractivity contribution in [3.8, 4) is 17.2 Å². The second-order valence-corrected chi connectivity index (χ2v) is 5.19. The lowest BCUT2D eigenvalue weighted by Gasteiger charge is -2.12. The lowest BCUT2D eigenvalue weighted by atomic mass is 10.2. The summed E-state index contributed by atoms with van der Waals surface area (Å²) in [6.45, 7) is -0.639. The Morgan fingerprint density at radius 2 is 1.44 bits per heavy atom. The number of carbonyl (C=O) groups is 3. The lowest BCUT2D eigenvalue weighted by Crippen LogP contribution is -2.34. The number of methoxy groups -OCH3 is 3. The second-order valence-electron chi connectivity index (χ2n) is 5.19. The third-order valence-corrected chi connectivity index (χ3v) is 3.56. The molecule has 1 N–H and O–H groups in total. The van der Waals surface area contributed by atoms with Gasteiger partial charge in [-0.15, -0.1) is 0 Å². The first-order chi connectivity index (χ1) is 13.0. The maximum atomic E-state index is 12.2. The normalized spacial score (nSPS) is 9.89. The molecular weight excluding hydrogens is 354 g/mol. The average Bonchev–Trinajstić information content (AvgIpc) is 2.70. The SMILES string of the molecule is COc1ccccc1C(=O)NC(=O)COC(=O)c1cccc(OC)c1OC. The van der Waals surface area contributed by atoms with E-state index in [0.717, 1.165) is 0 Å². The van der Waals surface area contributed by atoms with Crippen LogP contribution in [0.4, 0.5) is 0 Å². The van der Waals surface area contributed by atoms with E-state index in [9.17, 15) is 14.4 Å². The maximum absolute atomic E-state index is 12.2. The van der Waals surface area contributed by atoms with Crippen molar-refractivity contribution in [1.82, 2.24) is 5.32 Å². The number of ether oxygens (including phenoxy) is 4. The summed E-state index contributed by atoms with van der Waals surface area (Å²) in [6.07, 6.45) is 0. The summed E-state index contributed by atoms with van der Waals surface area (Å²) in [6, 6.07) is 11.1. The van der Waals surface area contributed by atoms with Crippen molar-refractivity contribution in [3.63, 3.8) is 0 Å². The van der Waals surface area contributed by atoms with Gasteiger partial charge in [0.2, 0.25) is 0 Å². The van der Waals surface area contributed by atoms with Crippen LogP contribution < -0.4 is 19.5 Å². The molecule has 142 valence electrons. The molecule has 8 heteroatoms. The monoisotopic (exact) mass is 373 g/mol. The molecule has 0 bridgehead atoms. The molecule has 0 saturated carbocycles. The molecule has 0 aliphatic rings. The lowest BCUT2D eigenvalue weighted by molar-refractivity contribution is -0.123. The number of hydrogen-bond acceptors (Lipinski definition) is 7. The van der Waals surface area contributed by atoms with E-state index in [1.54, 1.807) is 30.3 Å². The van der Waals surface area contributed by atoms with Gasteiger partial charge in [-0.3, -0.25) is 14.9 Å². The Morgan fingerprint density at radius 1 is 0.815 bits per heavy atom. The highest BCUT2D eigenvalue weighted by Gasteiger charge is 2.20. The third kappa shape index (κ3) is 4.75. The van der Waals surface area contributed by atoms with Crippen LogP contribution in [0.25, 0.3) is 0 Å². The molecule has 0 atom stereocenters. The van der Waals surface area contributed by atoms with Gasteiger partial charge < -0.3 is 18.9 Å². The van der Waals surface area contributed by atoms with Crippen LogP contribution in [0.5, 0.6) is 17.2 Å². The van der Waals surface area contributed by atoms with Crippen molar-refractivity contribution >= 4 is 17.8 Å². The number of esters is 1. The molecule has 2 aromatic rings. The van der Waals surface area contributed by atoms with E-state index in [1.165, 1.54) is 33.5 Å². The Labute approximate surface area is 156 Å². The first kappa shape index (κ1) is 19.8. The van der Waals surface area contributed by atoms with E-state index in [-0.39, 0.29) is 16.9 Å². The van der Waals surface area contributed by atoms with Crippen LogP contribution >= 0.6 is 0 Å². The molecule has 0 radical (unpaired) electrons. The topological polar surface area (TPSA) is 100 Å². The number of carbonyl (C=O) groups excluding carboxylic acids is 3. The molecule has 0 aromatic heterocycles. The van der Waals surface area contributed by atoms with E-state index in [4.69, 9.17) is 18.9 Å². The minimum atomic E-state index is -0.786. The van der Waals surface area contributed by atoms with Crippen LogP contribution in [0.3, 0.4) is 0 Å². The maximum Gasteiger partial charge on any atom is 0.342 e. The number of nitrogens with one attached hydrogen (secondary N) is 1. The molecule has 2 aromatic carbocycles. The van der Waals surface area contributed by atoms with Crippen LogP contribution in [0.1, 0.15) is 20.7 Å². The summed E-state index contributed by atoms with van der Waals surface area (Å²) < 4.78 is 20.3. The van der Waals surface area contributed by atoms with Gasteiger partial charge in [-0.1, -0.05) is 18.2 Å². The van der Waals surface area contributed by atoms with Crippen molar-refractivity contribution in [2.45, 2.75) is 0 Å². The van der Waals surface area contributed by atoms with Crippen molar-refractivity contribution in [2.24, 2.45) is 0 Å². The van der Waals surface area contributed by atoms with E-state index in [2.05, 4.69) is 5.32 Å². The summed E-state index contributed by atoms with van der Waals surface area (Å²) >= 11 is 0. The van der Waals surface area contributed by atoms with Gasteiger partial charge in [-0.2, -0.15) is 0 Å². The summed E-state index contributed by atoms with van der Waals surface area (Å²) in [4.78, 5) is 36.3. The minimum Gasteiger partial charge on any atom is -0.496 e. The molecule has 0 unspecified atom stereocenters. The van der Waals surface area contributed by atoms with E-state index >= 15 is 0 Å². The van der Waals surface area contributed by atoms with Gasteiger partial charge in [0.25, 0.3) is 11.8 Å². The van der Waals surface area contributed by atoms with Gasteiger partial charge in [0.15, 0.2) is 18.1 Å². The largest absolute Gasteiger partial charge is 0.496 e. The molecule has 8 nitrogen and oxygen atoms in total. The van der Waals surface area contributed by atoms with Crippen molar-refractivity contribution in [2.75, 3.05) is 27.9 Å². The van der Waals surface area contributed by atoms with Gasteiger partial charge in [-0.05, 0) is 24.3 Å². The fourth-order valence-electron chi connectivity index (χ4n) is 2.32. The highest BCUT2D eigenvalue weighted by Crippen LogP contribution is 2.31. The molecule has 0 spiro atoms. The van der Waals surface area contributed by atoms with Crippen LogP contribution in [-0.2, 0) is 9.53 Å². The van der Waals surface area contributed by atoms with Crippen LogP contribution in [0.2, 0.25) is 0 Å². The molecule has 0 saturated heterocycles. The number of rotatable bonds is 7. The summed E-state index contributed by atoms with van der Waals surface area (Å²) in [7, 11) is 4.23. The van der Waals surface area contributed by atoms with E-state index in [1.807, 2.05) is 0 Å². The molecular formula is C19H19NO7. The van der Waals surface area contributed by atoms with Crippen LogP contribution in [0.15, 0.2) is 42.5 Å². The first-order valence-corrected chi connectivity index (χ1v) is 7.87. The Bertz CT molecular complexity index is 848. The number of amides is 2. The zero-order valence-electron chi connectivity index (χ0n) is 15.1. The van der Waals surface area contributed by atoms with Gasteiger partial charge in [-0.25, -0.2) is 4.79 Å². The number of para-hydroxylation sites is 2. The number of benzene rings is 2. The van der Waals surface area contributed by atoms with Crippen molar-refractivity contribution in [1.29, 1.82) is 0 Å². The summed E-state index contributed by atoms with van der Waals surface area (Å²) in [5, 5.41) is 2.14. The molecule has 0 aliphatic heterocycles. The number of imide groups is 1. The highest BCUT2D eigenvalue weighted by molar-refractivity contribution is 6.07. The van der Waals surface area contributed by atoms with E-state index in [0.29, 0.717) is 11.5 Å². The van der Waals surface area contributed by atoms with Crippen LogP contribution in [0, 0.1) is 0 Å². The second kappa shape index (κ2) is 9.23. The smallest absolute Gasteiger partial charge is 0.342 e. The number of hydrogen-bond donors (Lipinski definition) is 1.